The van der Waals surface area contributed by atoms with Crippen molar-refractivity contribution in [2.24, 2.45) is 0 Å². The molecule has 4 rings (SSSR count). The molecule has 0 aliphatic carbocycles. The van der Waals surface area contributed by atoms with Crippen LogP contribution in [0.2, 0.25) is 0 Å². The van der Waals surface area contributed by atoms with Gasteiger partial charge in [0.05, 0.1) is 23.2 Å². The summed E-state index contributed by atoms with van der Waals surface area (Å²) in [6, 6.07) is 15.3. The summed E-state index contributed by atoms with van der Waals surface area (Å²) >= 11 is 0. The quantitative estimate of drug-likeness (QED) is 0.517. The predicted octanol–water partition coefficient (Wildman–Crippen LogP) is 3.57. The molecule has 5 nitrogen and oxygen atoms in total. The Morgan fingerprint density at radius 1 is 1.12 bits per heavy atom. The Morgan fingerprint density at radius 2 is 1.88 bits per heavy atom. The van der Waals surface area contributed by atoms with E-state index in [4.69, 9.17) is 4.74 Å². The van der Waals surface area contributed by atoms with Crippen LogP contribution in [-0.4, -0.2) is 20.8 Å². The molecule has 26 heavy (non-hydrogen) atoms. The van der Waals surface area contributed by atoms with Gasteiger partial charge in [0, 0.05) is 12.6 Å². The normalized spacial score (nSPS) is 11.3. The van der Waals surface area contributed by atoms with Crippen LogP contribution >= 0.6 is 0 Å². The minimum Gasteiger partial charge on any atom is -0.494 e. The molecule has 0 N–H and O–H groups in total. The first kappa shape index (κ1) is 16.3. The highest BCUT2D eigenvalue weighted by atomic mass is 19.1. The number of nitrogens with zero attached hydrogens (tertiary/aromatic N) is 3. The van der Waals surface area contributed by atoms with Gasteiger partial charge in [0.25, 0.3) is 5.56 Å². The SMILES string of the molecule is Cc1cc2n(CCCOc3ccc(F)cc3)c(=O)c3ccccc3n2n1. The van der Waals surface area contributed by atoms with E-state index in [-0.39, 0.29) is 11.4 Å². The molecule has 0 unspecified atom stereocenters. The monoisotopic (exact) mass is 351 g/mol. The third-order valence-electron chi connectivity index (χ3n) is 4.31. The van der Waals surface area contributed by atoms with Gasteiger partial charge in [-0.1, -0.05) is 12.1 Å². The zero-order chi connectivity index (χ0) is 18.1. The van der Waals surface area contributed by atoms with E-state index in [2.05, 4.69) is 5.10 Å². The van der Waals surface area contributed by atoms with Crippen LogP contribution in [0.5, 0.6) is 5.75 Å². The maximum Gasteiger partial charge on any atom is 0.261 e. The number of fused-ring (bicyclic) bond motifs is 3. The number of ether oxygens (including phenoxy) is 1. The second-order valence-electron chi connectivity index (χ2n) is 6.19. The molecule has 132 valence electrons. The molecule has 2 aromatic heterocycles. The number of hydrogen-bond donors (Lipinski definition) is 0. The Bertz CT molecular complexity index is 1130. The van der Waals surface area contributed by atoms with Gasteiger partial charge in [-0.2, -0.15) is 5.10 Å². The van der Waals surface area contributed by atoms with Crippen LogP contribution in [0, 0.1) is 12.7 Å². The summed E-state index contributed by atoms with van der Waals surface area (Å²) in [6.45, 7) is 2.86. The lowest BCUT2D eigenvalue weighted by molar-refractivity contribution is 0.301. The van der Waals surface area contributed by atoms with Gasteiger partial charge in [-0.3, -0.25) is 9.36 Å². The van der Waals surface area contributed by atoms with Crippen molar-refractivity contribution in [3.8, 4) is 5.75 Å². The minimum atomic E-state index is -0.293. The molecule has 0 amide bonds. The molecule has 0 radical (unpaired) electrons. The third-order valence-corrected chi connectivity index (χ3v) is 4.31. The predicted molar refractivity (Wildman–Crippen MR) is 98.2 cm³/mol. The molecule has 0 saturated carbocycles. The smallest absolute Gasteiger partial charge is 0.261 e. The second kappa shape index (κ2) is 6.63. The zero-order valence-electron chi connectivity index (χ0n) is 14.4. The van der Waals surface area contributed by atoms with E-state index in [1.54, 1.807) is 16.7 Å². The lowest BCUT2D eigenvalue weighted by Gasteiger charge is -2.11. The van der Waals surface area contributed by atoms with Gasteiger partial charge in [-0.05, 0) is 49.7 Å². The number of aromatic nitrogens is 3. The lowest BCUT2D eigenvalue weighted by atomic mass is 10.2. The third kappa shape index (κ3) is 2.94. The van der Waals surface area contributed by atoms with Gasteiger partial charge in [-0.25, -0.2) is 8.91 Å². The van der Waals surface area contributed by atoms with E-state index in [0.717, 1.165) is 16.9 Å². The highest BCUT2D eigenvalue weighted by Crippen LogP contribution is 2.15. The Kier molecular flexibility index (Phi) is 4.16. The van der Waals surface area contributed by atoms with Crippen LogP contribution in [0.4, 0.5) is 4.39 Å². The molecule has 2 aromatic carbocycles. The van der Waals surface area contributed by atoms with E-state index in [1.807, 2.05) is 41.8 Å². The molecule has 0 spiro atoms. The van der Waals surface area contributed by atoms with Gasteiger partial charge >= 0.3 is 0 Å². The van der Waals surface area contributed by atoms with Crippen LogP contribution in [-0.2, 0) is 6.54 Å². The topological polar surface area (TPSA) is 48.5 Å². The first-order valence-electron chi connectivity index (χ1n) is 8.50. The van der Waals surface area contributed by atoms with Gasteiger partial charge in [0.15, 0.2) is 0 Å². The molecular weight excluding hydrogens is 333 g/mol. The molecule has 0 fully saturated rings. The summed E-state index contributed by atoms with van der Waals surface area (Å²) in [5.41, 5.74) is 2.40. The number of benzene rings is 2. The Morgan fingerprint density at radius 3 is 2.69 bits per heavy atom. The highest BCUT2D eigenvalue weighted by molar-refractivity contribution is 5.80. The Hall–Kier alpha value is -3.15. The van der Waals surface area contributed by atoms with E-state index < -0.39 is 0 Å². The van der Waals surface area contributed by atoms with E-state index in [0.29, 0.717) is 30.7 Å². The van der Waals surface area contributed by atoms with Crippen LogP contribution in [0.3, 0.4) is 0 Å². The molecule has 4 aromatic rings. The van der Waals surface area contributed by atoms with Gasteiger partial charge < -0.3 is 4.74 Å². The summed E-state index contributed by atoms with van der Waals surface area (Å²) < 4.78 is 22.1. The fourth-order valence-electron chi connectivity index (χ4n) is 3.10. The Balaban J connectivity index is 1.60. The largest absolute Gasteiger partial charge is 0.494 e. The van der Waals surface area contributed by atoms with Gasteiger partial charge in [-0.15, -0.1) is 0 Å². The fourth-order valence-corrected chi connectivity index (χ4v) is 3.10. The van der Waals surface area contributed by atoms with Gasteiger partial charge in [0.1, 0.15) is 17.2 Å². The van der Waals surface area contributed by atoms with E-state index in [1.165, 1.54) is 12.1 Å². The van der Waals surface area contributed by atoms with Crippen molar-refractivity contribution < 1.29 is 9.13 Å². The van der Waals surface area contributed by atoms with Crippen LogP contribution in [0.25, 0.3) is 16.6 Å². The van der Waals surface area contributed by atoms with Crippen LogP contribution in [0.15, 0.2) is 59.4 Å². The molecule has 0 aliphatic heterocycles. The summed E-state index contributed by atoms with van der Waals surface area (Å²) in [6.07, 6.45) is 0.648. The maximum absolute atomic E-state index is 12.9. The van der Waals surface area contributed by atoms with Gasteiger partial charge in [0.2, 0.25) is 0 Å². The summed E-state index contributed by atoms with van der Waals surface area (Å²) in [5, 5.41) is 5.16. The maximum atomic E-state index is 12.9. The molecule has 2 heterocycles. The number of rotatable bonds is 5. The second-order valence-corrected chi connectivity index (χ2v) is 6.19. The number of aryl methyl sites for hydroxylation is 2. The molecule has 0 bridgehead atoms. The van der Waals surface area contributed by atoms with Crippen molar-refractivity contribution in [2.45, 2.75) is 19.9 Å². The first-order valence-corrected chi connectivity index (χ1v) is 8.50. The Labute approximate surface area is 149 Å². The van der Waals surface area contributed by atoms with E-state index >= 15 is 0 Å². The van der Waals surface area contributed by atoms with Crippen LogP contribution in [0.1, 0.15) is 12.1 Å². The van der Waals surface area contributed by atoms with Crippen molar-refractivity contribution in [1.29, 1.82) is 0 Å². The summed E-state index contributed by atoms with van der Waals surface area (Å²) in [5.74, 6) is 0.321. The number of hydrogen-bond acceptors (Lipinski definition) is 3. The summed E-state index contributed by atoms with van der Waals surface area (Å²) in [4.78, 5) is 12.9. The van der Waals surface area contributed by atoms with Crippen molar-refractivity contribution in [2.75, 3.05) is 6.61 Å². The molecule has 0 aliphatic rings. The fraction of sp³-hybridized carbons (Fsp3) is 0.200. The van der Waals surface area contributed by atoms with Crippen molar-refractivity contribution >= 4 is 16.6 Å². The average Bonchev–Trinajstić information content (AvgIpc) is 3.04. The molecule has 6 heteroatoms. The van der Waals surface area contributed by atoms with Crippen LogP contribution < -0.4 is 10.3 Å². The number of para-hydroxylation sites is 1. The lowest BCUT2D eigenvalue weighted by Crippen LogP contribution is -2.23. The van der Waals surface area contributed by atoms with Crippen molar-refractivity contribution in [3.63, 3.8) is 0 Å². The molecular formula is C20H18FN3O2. The zero-order valence-corrected chi connectivity index (χ0v) is 14.4. The molecule has 0 saturated heterocycles. The summed E-state index contributed by atoms with van der Waals surface area (Å²) in [7, 11) is 0. The molecule has 0 atom stereocenters. The first-order chi connectivity index (χ1) is 12.6. The van der Waals surface area contributed by atoms with Crippen molar-refractivity contribution in [3.05, 3.63) is 76.5 Å². The average molecular weight is 351 g/mol. The van der Waals surface area contributed by atoms with Crippen molar-refractivity contribution in [1.82, 2.24) is 14.2 Å². The number of halogens is 1. The minimum absolute atomic E-state index is 0.0326. The van der Waals surface area contributed by atoms with E-state index in [9.17, 15) is 9.18 Å². The highest BCUT2D eigenvalue weighted by Gasteiger charge is 2.12. The standard InChI is InChI=1S/C20H18FN3O2/c1-14-13-19-23(11-4-12-26-16-9-7-15(21)8-10-16)20(25)17-5-2-3-6-18(17)24(19)22-14/h2-3,5-10,13H,4,11-12H2,1H3.